The molecule has 0 aromatic heterocycles. The zero-order valence-electron chi connectivity index (χ0n) is 24.5. The molecule has 0 spiro atoms. The molecule has 2 nitrogen and oxygen atoms in total. The van der Waals surface area contributed by atoms with Crippen LogP contribution >= 0.6 is 0 Å². The molecule has 0 radical (unpaired) electrons. The molecule has 0 saturated carbocycles. The lowest BCUT2D eigenvalue weighted by Gasteiger charge is -2.24. The molecule has 0 aliphatic rings. The van der Waals surface area contributed by atoms with E-state index in [1.54, 1.807) is 0 Å². The van der Waals surface area contributed by atoms with Crippen molar-refractivity contribution < 1.29 is 44.6 Å². The summed E-state index contributed by atoms with van der Waals surface area (Å²) in [6, 6.07) is 0. The third kappa shape index (κ3) is 14.6. The summed E-state index contributed by atoms with van der Waals surface area (Å²) in [5.74, 6) is -6.30. The van der Waals surface area contributed by atoms with E-state index in [2.05, 4.69) is 57.4 Å². The van der Waals surface area contributed by atoms with Crippen LogP contribution in [0.2, 0.25) is 0 Å². The van der Waals surface area contributed by atoms with Gasteiger partial charge in [-0.3, -0.25) is 0 Å². The highest BCUT2D eigenvalue weighted by Crippen LogP contribution is 2.33. The smallest absolute Gasteiger partial charge is 0.433 e. The van der Waals surface area contributed by atoms with E-state index in [0.29, 0.717) is 18.6 Å². The molecule has 0 aromatic carbocycles. The predicted octanol–water partition coefficient (Wildman–Crippen LogP) is 11.7. The Bertz CT molecular complexity index is 1280. The second kappa shape index (κ2) is 16.5. The molecule has 0 fully saturated rings. The van der Waals surface area contributed by atoms with E-state index in [-0.39, 0.29) is 34.8 Å². The van der Waals surface area contributed by atoms with Crippen molar-refractivity contribution in [3.63, 3.8) is 0 Å². The van der Waals surface area contributed by atoms with Gasteiger partial charge in [-0.1, -0.05) is 85.9 Å². The Hall–Kier alpha value is -4.08. The van der Waals surface area contributed by atoms with Crippen molar-refractivity contribution in [1.29, 1.82) is 0 Å². The van der Waals surface area contributed by atoms with Crippen LogP contribution in [0.1, 0.15) is 33.6 Å². The van der Waals surface area contributed by atoms with Crippen molar-refractivity contribution in [2.45, 2.75) is 46.1 Å². The maximum atomic E-state index is 14.8. The minimum absolute atomic E-state index is 0.00304. The fraction of sp³-hybridized carbons (Fsp3) is 0.273. The predicted molar refractivity (Wildman–Crippen MR) is 156 cm³/mol. The van der Waals surface area contributed by atoms with Gasteiger partial charge in [0, 0.05) is 11.1 Å². The Morgan fingerprint density at radius 3 is 1.49 bits per heavy atom. The van der Waals surface area contributed by atoms with Crippen LogP contribution < -0.4 is 0 Å². The summed E-state index contributed by atoms with van der Waals surface area (Å²) in [5, 5.41) is 0. The van der Waals surface area contributed by atoms with Gasteiger partial charge in [0.25, 0.3) is 0 Å². The van der Waals surface area contributed by atoms with Gasteiger partial charge in [-0.15, -0.1) is 13.2 Å². The summed E-state index contributed by atoms with van der Waals surface area (Å²) >= 11 is 0. The number of halogens is 8. The fourth-order valence-corrected chi connectivity index (χ4v) is 2.84. The normalized spacial score (nSPS) is 13.9. The van der Waals surface area contributed by atoms with E-state index < -0.39 is 58.3 Å². The van der Waals surface area contributed by atoms with Gasteiger partial charge in [0.2, 0.25) is 0 Å². The molecule has 10 heteroatoms. The van der Waals surface area contributed by atoms with Gasteiger partial charge < -0.3 is 9.47 Å². The number of rotatable bonds is 18. The molecular weight excluding hydrogens is 580 g/mol. The van der Waals surface area contributed by atoms with E-state index in [9.17, 15) is 35.1 Å². The van der Waals surface area contributed by atoms with Crippen molar-refractivity contribution in [2.24, 2.45) is 11.8 Å². The Labute approximate surface area is 248 Å². The van der Waals surface area contributed by atoms with Crippen molar-refractivity contribution in [1.82, 2.24) is 0 Å². The topological polar surface area (TPSA) is 18.5 Å². The summed E-state index contributed by atoms with van der Waals surface area (Å²) < 4.78 is 117. The highest BCUT2D eigenvalue weighted by molar-refractivity contribution is 5.55. The molecule has 1 unspecified atom stereocenters. The van der Waals surface area contributed by atoms with Gasteiger partial charge in [-0.25, -0.2) is 13.2 Å². The van der Waals surface area contributed by atoms with Gasteiger partial charge in [0.05, 0.1) is 5.92 Å². The van der Waals surface area contributed by atoms with Crippen LogP contribution in [0.3, 0.4) is 0 Å². The van der Waals surface area contributed by atoms with Crippen LogP contribution in [0.25, 0.3) is 0 Å². The van der Waals surface area contributed by atoms with E-state index in [0.717, 1.165) is 12.2 Å². The van der Waals surface area contributed by atoms with Crippen molar-refractivity contribution in [3.8, 4) is 0 Å². The third-order valence-electron chi connectivity index (χ3n) is 5.66. The minimum atomic E-state index is -5.19. The lowest BCUT2D eigenvalue weighted by Crippen LogP contribution is -2.29. The summed E-state index contributed by atoms with van der Waals surface area (Å²) in [4.78, 5) is 0. The number of allylic oxidation sites excluding steroid dienone is 14. The van der Waals surface area contributed by atoms with Crippen molar-refractivity contribution >= 4 is 0 Å². The Balaban J connectivity index is 5.36. The Morgan fingerprint density at radius 2 is 1.05 bits per heavy atom. The summed E-state index contributed by atoms with van der Waals surface area (Å²) in [7, 11) is 0. The molecule has 0 bridgehead atoms. The molecule has 0 aromatic rings. The first-order valence-corrected chi connectivity index (χ1v) is 12.6. The summed E-state index contributed by atoms with van der Waals surface area (Å²) in [6.07, 6.45) is -3.46. The van der Waals surface area contributed by atoms with Crippen LogP contribution in [-0.2, 0) is 9.47 Å². The molecule has 0 aliphatic heterocycles. The van der Waals surface area contributed by atoms with Gasteiger partial charge in [-0.05, 0) is 58.9 Å². The SMILES string of the molecule is C=C(/C=C\C(=C)C(=C)/C=C(/F)C(=C)C(=C)/C=C(/F)C(=C)C(=C)/C=C(/F)C(=C)OC(F)(F)F)OC(F)(F)C(C)CCC(C)C. The van der Waals surface area contributed by atoms with Crippen LogP contribution in [0.15, 0.2) is 145 Å². The molecule has 0 rings (SSSR count). The summed E-state index contributed by atoms with van der Waals surface area (Å²) in [5.41, 5.74) is -1.62. The zero-order chi connectivity index (χ0) is 33.9. The largest absolute Gasteiger partial charge is 0.573 e. The molecule has 0 heterocycles. The van der Waals surface area contributed by atoms with Gasteiger partial charge in [-0.2, -0.15) is 8.78 Å². The van der Waals surface area contributed by atoms with Crippen molar-refractivity contribution in [2.75, 3.05) is 0 Å². The second-order valence-corrected chi connectivity index (χ2v) is 9.84. The number of hydrogen-bond acceptors (Lipinski definition) is 2. The molecule has 0 N–H and O–H groups in total. The number of ether oxygens (including phenoxy) is 2. The number of hydrogen-bond donors (Lipinski definition) is 0. The minimum Gasteiger partial charge on any atom is -0.433 e. The van der Waals surface area contributed by atoms with Gasteiger partial charge in [0.1, 0.15) is 17.4 Å². The first-order chi connectivity index (χ1) is 19.5. The zero-order valence-corrected chi connectivity index (χ0v) is 24.5. The van der Waals surface area contributed by atoms with Crippen LogP contribution in [-0.4, -0.2) is 12.5 Å². The average Bonchev–Trinajstić information content (AvgIpc) is 2.87. The quantitative estimate of drug-likeness (QED) is 0.0867. The standard InChI is InChI=1S/C33H36F8O2/c1-19(2)12-14-24(7)32(37,38)42-25(8)15-13-20(3)21(4)16-29(34)26(9)22(5)17-30(35)27(10)23(6)18-31(36)28(11)43-33(39,40)41/h13,15-19,24H,3-6,8-12,14H2,1-2,7H3/b15-13-,29-16+,30-17+,31-18+. The maximum absolute atomic E-state index is 14.8. The van der Waals surface area contributed by atoms with Gasteiger partial charge >= 0.3 is 12.5 Å². The Kier molecular flexibility index (Phi) is 15.0. The fourth-order valence-electron chi connectivity index (χ4n) is 2.84. The molecule has 43 heavy (non-hydrogen) atoms. The summed E-state index contributed by atoms with van der Waals surface area (Å²) in [6.45, 7) is 32.3. The van der Waals surface area contributed by atoms with Crippen LogP contribution in [0, 0.1) is 11.8 Å². The highest BCUT2D eigenvalue weighted by atomic mass is 19.4. The maximum Gasteiger partial charge on any atom is 0.573 e. The van der Waals surface area contributed by atoms with Crippen LogP contribution in [0.4, 0.5) is 35.1 Å². The lowest BCUT2D eigenvalue weighted by molar-refractivity contribution is -0.304. The van der Waals surface area contributed by atoms with Gasteiger partial charge in [0.15, 0.2) is 11.6 Å². The third-order valence-corrected chi connectivity index (χ3v) is 5.66. The molecule has 1 atom stereocenters. The monoisotopic (exact) mass is 616 g/mol. The first-order valence-electron chi connectivity index (χ1n) is 12.6. The molecule has 0 aliphatic carbocycles. The molecule has 236 valence electrons. The van der Waals surface area contributed by atoms with E-state index in [4.69, 9.17) is 4.74 Å². The second-order valence-electron chi connectivity index (χ2n) is 9.84. The van der Waals surface area contributed by atoms with Crippen LogP contribution in [0.5, 0.6) is 0 Å². The molecule has 0 amide bonds. The average molecular weight is 617 g/mol. The van der Waals surface area contributed by atoms with Crippen molar-refractivity contribution in [3.05, 3.63) is 145 Å². The van der Waals surface area contributed by atoms with E-state index >= 15 is 0 Å². The lowest BCUT2D eigenvalue weighted by atomic mass is 9.98. The Morgan fingerprint density at radius 1 is 0.605 bits per heavy atom. The van der Waals surface area contributed by atoms with E-state index in [1.807, 2.05) is 13.8 Å². The molecular formula is C33H36F8O2. The highest BCUT2D eigenvalue weighted by Gasteiger charge is 2.38. The number of alkyl halides is 5. The van der Waals surface area contributed by atoms with E-state index in [1.165, 1.54) is 13.0 Å². The molecule has 0 saturated heterocycles. The first kappa shape index (κ1) is 38.9.